The minimum absolute atomic E-state index is 0.0614. The number of anilines is 2. The van der Waals surface area contributed by atoms with Crippen LogP contribution in [0.2, 0.25) is 5.02 Å². The highest BCUT2D eigenvalue weighted by molar-refractivity contribution is 9.10. The zero-order chi connectivity index (χ0) is 14.9. The van der Waals surface area contributed by atoms with Crippen LogP contribution in [0.4, 0.5) is 11.5 Å². The first-order valence-corrected chi connectivity index (χ1v) is 8.15. The summed E-state index contributed by atoms with van der Waals surface area (Å²) in [4.78, 5) is 3.84. The Kier molecular flexibility index (Phi) is 4.22. The smallest absolute Gasteiger partial charge is 0.266 e. The lowest BCUT2D eigenvalue weighted by atomic mass is 10.3. The Morgan fingerprint density at radius 3 is 2.70 bits per heavy atom. The minimum atomic E-state index is -3.89. The molecule has 0 fully saturated rings. The first-order valence-electron chi connectivity index (χ1n) is 5.50. The van der Waals surface area contributed by atoms with Gasteiger partial charge in [-0.2, -0.15) is 0 Å². The summed E-state index contributed by atoms with van der Waals surface area (Å²) in [5.41, 5.74) is 6.62. The van der Waals surface area contributed by atoms with Gasteiger partial charge in [0.2, 0.25) is 0 Å². The van der Waals surface area contributed by atoms with Gasteiger partial charge >= 0.3 is 0 Å². The molecule has 2 aromatic rings. The van der Waals surface area contributed by atoms with Gasteiger partial charge in [0, 0.05) is 10.7 Å². The van der Waals surface area contributed by atoms with E-state index in [-0.39, 0.29) is 21.4 Å². The molecule has 106 valence electrons. The molecule has 0 amide bonds. The molecular formula is C12H11BrClN3O2S. The number of sulfonamides is 1. The molecular weight excluding hydrogens is 366 g/mol. The summed E-state index contributed by atoms with van der Waals surface area (Å²) in [6, 6.07) is 6.13. The summed E-state index contributed by atoms with van der Waals surface area (Å²) >= 11 is 9.21. The van der Waals surface area contributed by atoms with E-state index in [2.05, 4.69) is 25.6 Å². The van der Waals surface area contributed by atoms with Crippen LogP contribution in [0.15, 0.2) is 39.8 Å². The molecule has 0 spiro atoms. The second-order valence-corrected chi connectivity index (χ2v) is 6.96. The molecule has 0 aliphatic heterocycles. The molecule has 0 bridgehead atoms. The Morgan fingerprint density at radius 2 is 2.10 bits per heavy atom. The molecule has 1 aromatic carbocycles. The first kappa shape index (κ1) is 15.1. The third kappa shape index (κ3) is 3.05. The number of pyridine rings is 1. The molecule has 8 heteroatoms. The first-order chi connectivity index (χ1) is 9.31. The van der Waals surface area contributed by atoms with E-state index in [0.29, 0.717) is 0 Å². The maximum atomic E-state index is 12.3. The van der Waals surface area contributed by atoms with Crippen LogP contribution < -0.4 is 10.5 Å². The van der Waals surface area contributed by atoms with Crippen LogP contribution in [0.5, 0.6) is 0 Å². The lowest BCUT2D eigenvalue weighted by molar-refractivity contribution is 0.601. The normalized spacial score (nSPS) is 11.3. The number of hydrogen-bond donors (Lipinski definition) is 2. The van der Waals surface area contributed by atoms with Crippen molar-refractivity contribution in [2.45, 2.75) is 11.8 Å². The van der Waals surface area contributed by atoms with Crippen LogP contribution in [-0.4, -0.2) is 13.4 Å². The van der Waals surface area contributed by atoms with Crippen molar-refractivity contribution < 1.29 is 8.42 Å². The van der Waals surface area contributed by atoms with E-state index in [1.165, 1.54) is 18.3 Å². The molecule has 0 aliphatic rings. The van der Waals surface area contributed by atoms with E-state index in [0.717, 1.165) is 10.0 Å². The summed E-state index contributed by atoms with van der Waals surface area (Å²) in [5, 5.41) is 0.0614. The molecule has 0 saturated heterocycles. The van der Waals surface area contributed by atoms with Crippen molar-refractivity contribution in [3.8, 4) is 0 Å². The van der Waals surface area contributed by atoms with Gasteiger partial charge in [0.15, 0.2) is 0 Å². The molecule has 0 unspecified atom stereocenters. The van der Waals surface area contributed by atoms with Gasteiger partial charge in [-0.1, -0.05) is 17.7 Å². The molecule has 20 heavy (non-hydrogen) atoms. The van der Waals surface area contributed by atoms with Gasteiger partial charge in [0.05, 0.1) is 10.7 Å². The maximum Gasteiger partial charge on any atom is 0.266 e. The van der Waals surface area contributed by atoms with Gasteiger partial charge in [-0.05, 0) is 46.6 Å². The van der Waals surface area contributed by atoms with Crippen molar-refractivity contribution in [1.82, 2.24) is 4.98 Å². The average Bonchev–Trinajstić information content (AvgIpc) is 2.33. The number of aromatic nitrogens is 1. The highest BCUT2D eigenvalue weighted by Gasteiger charge is 2.21. The Balaban J connectivity index is 2.43. The predicted octanol–water partition coefficient (Wildman–Crippen LogP) is 3.19. The second-order valence-electron chi connectivity index (χ2n) is 4.08. The van der Waals surface area contributed by atoms with Gasteiger partial charge in [-0.15, -0.1) is 0 Å². The Bertz CT molecular complexity index is 745. The van der Waals surface area contributed by atoms with Gasteiger partial charge in [0.25, 0.3) is 10.0 Å². The molecule has 3 N–H and O–H groups in total. The Morgan fingerprint density at radius 1 is 1.40 bits per heavy atom. The number of nitrogens with one attached hydrogen (secondary N) is 1. The number of hydrogen-bond acceptors (Lipinski definition) is 4. The molecule has 2 rings (SSSR count). The number of nitrogen functional groups attached to an aromatic ring is 1. The molecule has 1 heterocycles. The standard InChI is InChI=1S/C12H11BrClN3O2S/c1-7-5-11(16-6-8(7)13)17-20(18,19)12-9(14)3-2-4-10(12)15/h2-6H,15H2,1H3,(H,16,17). The molecule has 0 atom stereocenters. The largest absolute Gasteiger partial charge is 0.398 e. The van der Waals surface area contributed by atoms with E-state index in [1.54, 1.807) is 12.1 Å². The van der Waals surface area contributed by atoms with Crippen LogP contribution in [-0.2, 0) is 10.0 Å². The number of aryl methyl sites for hydroxylation is 1. The van der Waals surface area contributed by atoms with Crippen molar-refractivity contribution in [3.63, 3.8) is 0 Å². The van der Waals surface area contributed by atoms with E-state index in [1.807, 2.05) is 6.92 Å². The maximum absolute atomic E-state index is 12.3. The lowest BCUT2D eigenvalue weighted by Gasteiger charge is -2.11. The monoisotopic (exact) mass is 375 g/mol. The fraction of sp³-hybridized carbons (Fsp3) is 0.0833. The second kappa shape index (κ2) is 5.59. The number of nitrogens with two attached hydrogens (primary N) is 1. The van der Waals surface area contributed by atoms with Crippen LogP contribution in [0.25, 0.3) is 0 Å². The fourth-order valence-corrected chi connectivity index (χ4v) is 3.49. The summed E-state index contributed by atoms with van der Waals surface area (Å²) in [7, 11) is -3.89. The van der Waals surface area contributed by atoms with Crippen molar-refractivity contribution in [2.24, 2.45) is 0 Å². The van der Waals surface area contributed by atoms with Crippen LogP contribution in [0.1, 0.15) is 5.56 Å². The summed E-state index contributed by atoms with van der Waals surface area (Å²) in [6.45, 7) is 1.83. The van der Waals surface area contributed by atoms with Crippen LogP contribution in [0, 0.1) is 6.92 Å². The van der Waals surface area contributed by atoms with Gasteiger partial charge in [0.1, 0.15) is 10.7 Å². The minimum Gasteiger partial charge on any atom is -0.398 e. The van der Waals surface area contributed by atoms with E-state index in [4.69, 9.17) is 17.3 Å². The molecule has 5 nitrogen and oxygen atoms in total. The van der Waals surface area contributed by atoms with Gasteiger partial charge in [-0.25, -0.2) is 13.4 Å². The Labute approximate surface area is 130 Å². The topological polar surface area (TPSA) is 85.1 Å². The zero-order valence-corrected chi connectivity index (χ0v) is 13.6. The fourth-order valence-electron chi connectivity index (χ4n) is 1.59. The number of rotatable bonds is 3. The van der Waals surface area contributed by atoms with Crippen molar-refractivity contribution in [3.05, 3.63) is 45.5 Å². The predicted molar refractivity (Wildman–Crippen MR) is 83.3 cm³/mol. The SMILES string of the molecule is Cc1cc(NS(=O)(=O)c2c(N)cccc2Cl)ncc1Br. The lowest BCUT2D eigenvalue weighted by Crippen LogP contribution is -2.16. The third-order valence-corrected chi connectivity index (χ3v) is 5.28. The summed E-state index contributed by atoms with van der Waals surface area (Å²) in [5.74, 6) is 0.199. The highest BCUT2D eigenvalue weighted by Crippen LogP contribution is 2.29. The van der Waals surface area contributed by atoms with Gasteiger partial charge < -0.3 is 5.73 Å². The molecule has 0 radical (unpaired) electrons. The molecule has 0 saturated carbocycles. The summed E-state index contributed by atoms with van der Waals surface area (Å²) < 4.78 is 27.8. The van der Waals surface area contributed by atoms with Crippen molar-refractivity contribution in [2.75, 3.05) is 10.5 Å². The van der Waals surface area contributed by atoms with E-state index < -0.39 is 10.0 Å². The van der Waals surface area contributed by atoms with Gasteiger partial charge in [-0.3, -0.25) is 4.72 Å². The van der Waals surface area contributed by atoms with E-state index >= 15 is 0 Å². The molecule has 0 aliphatic carbocycles. The zero-order valence-electron chi connectivity index (χ0n) is 10.4. The highest BCUT2D eigenvalue weighted by atomic mass is 79.9. The summed E-state index contributed by atoms with van der Waals surface area (Å²) in [6.07, 6.45) is 1.52. The van der Waals surface area contributed by atoms with E-state index in [9.17, 15) is 8.42 Å². The quantitative estimate of drug-likeness (QED) is 0.806. The average molecular weight is 377 g/mol. The number of halogens is 2. The number of nitrogens with zero attached hydrogens (tertiary/aromatic N) is 1. The van der Waals surface area contributed by atoms with Crippen LogP contribution in [0.3, 0.4) is 0 Å². The van der Waals surface area contributed by atoms with Crippen LogP contribution >= 0.6 is 27.5 Å². The van der Waals surface area contributed by atoms with Crippen molar-refractivity contribution in [1.29, 1.82) is 0 Å². The third-order valence-electron chi connectivity index (χ3n) is 2.55. The number of benzene rings is 1. The van der Waals surface area contributed by atoms with Crippen molar-refractivity contribution >= 4 is 49.1 Å². The molecule has 1 aromatic heterocycles. The Hall–Kier alpha value is -1.31.